The summed E-state index contributed by atoms with van der Waals surface area (Å²) < 4.78 is 11.4. The number of hydrogen-bond donors (Lipinski definition) is 0. The number of hydrogen-bond acceptors (Lipinski definition) is 4. The van der Waals surface area contributed by atoms with Gasteiger partial charge in [0.25, 0.3) is 0 Å². The van der Waals surface area contributed by atoms with Crippen molar-refractivity contribution in [2.45, 2.75) is 19.8 Å². The molecule has 1 aliphatic carbocycles. The van der Waals surface area contributed by atoms with E-state index in [-0.39, 0.29) is 5.43 Å². The molecule has 0 N–H and O–H groups in total. The van der Waals surface area contributed by atoms with Crippen LogP contribution in [0.1, 0.15) is 19.8 Å². The van der Waals surface area contributed by atoms with Crippen LogP contribution in [-0.4, -0.2) is 11.6 Å². The third-order valence-electron chi connectivity index (χ3n) is 3.09. The monoisotopic (exact) mass is 269 g/mol. The molecule has 0 unspecified atom stereocenters. The van der Waals surface area contributed by atoms with Crippen LogP contribution in [0.2, 0.25) is 0 Å². The zero-order valence-corrected chi connectivity index (χ0v) is 11.3. The molecular weight excluding hydrogens is 254 g/mol. The average molecular weight is 269 g/mol. The molecule has 20 heavy (non-hydrogen) atoms. The van der Waals surface area contributed by atoms with Crippen LogP contribution in [0.25, 0.3) is 22.6 Å². The molecule has 0 aromatic heterocycles. The molecule has 0 saturated heterocycles. The van der Waals surface area contributed by atoms with Crippen molar-refractivity contribution in [3.05, 3.63) is 46.6 Å². The van der Waals surface area contributed by atoms with Crippen LogP contribution in [0.5, 0.6) is 5.75 Å². The molecule has 0 atom stereocenters. The molecule has 1 heterocycles. The predicted octanol–water partition coefficient (Wildman–Crippen LogP) is 3.47. The fourth-order valence-corrected chi connectivity index (χ4v) is 2.01. The first-order chi connectivity index (χ1) is 9.76. The number of rotatable bonds is 4. The number of nitrogens with zero attached hydrogens (tertiary/aromatic N) is 1. The molecule has 0 saturated carbocycles. The summed E-state index contributed by atoms with van der Waals surface area (Å²) in [7, 11) is 0. The van der Waals surface area contributed by atoms with Gasteiger partial charge in [0.15, 0.2) is 16.8 Å². The quantitative estimate of drug-likeness (QED) is 0.537. The van der Waals surface area contributed by atoms with Gasteiger partial charge in [0.1, 0.15) is 17.0 Å². The van der Waals surface area contributed by atoms with Crippen LogP contribution in [0, 0.1) is 0 Å². The van der Waals surface area contributed by atoms with E-state index in [1.165, 1.54) is 12.1 Å². The Hall–Kier alpha value is -2.36. The van der Waals surface area contributed by atoms with E-state index in [9.17, 15) is 4.79 Å². The van der Waals surface area contributed by atoms with Crippen LogP contribution in [0.3, 0.4) is 0 Å². The van der Waals surface area contributed by atoms with E-state index < -0.39 is 0 Å². The number of ether oxygens (including phenoxy) is 1. The standard InChI is InChI=1S/C16H15NO3/c1-2-3-8-19-12-5-7-14-16(10-12)20-15-9-11(18)4-6-13(15)17-14/h4-7,9-10H,2-3,8H2,1H3. The molecule has 0 radical (unpaired) electrons. The van der Waals surface area contributed by atoms with Gasteiger partial charge in [0.2, 0.25) is 0 Å². The molecule has 1 aliphatic heterocycles. The van der Waals surface area contributed by atoms with Crippen molar-refractivity contribution in [3.8, 4) is 17.2 Å². The van der Waals surface area contributed by atoms with E-state index in [1.54, 1.807) is 6.07 Å². The molecule has 102 valence electrons. The van der Waals surface area contributed by atoms with Gasteiger partial charge in [0.05, 0.1) is 6.61 Å². The first-order valence-electron chi connectivity index (χ1n) is 6.74. The first-order valence-corrected chi connectivity index (χ1v) is 6.74. The third kappa shape index (κ3) is 2.50. The first kappa shape index (κ1) is 12.7. The lowest BCUT2D eigenvalue weighted by molar-refractivity contribution is 0.309. The Morgan fingerprint density at radius 3 is 2.95 bits per heavy atom. The fraction of sp³-hybridized carbons (Fsp3) is 0.250. The lowest BCUT2D eigenvalue weighted by atomic mass is 10.2. The normalized spacial score (nSPS) is 11.1. The van der Waals surface area contributed by atoms with Gasteiger partial charge in [0, 0.05) is 12.1 Å². The van der Waals surface area contributed by atoms with Gasteiger partial charge in [-0.15, -0.1) is 0 Å². The second-order valence-corrected chi connectivity index (χ2v) is 4.67. The van der Waals surface area contributed by atoms with Crippen molar-refractivity contribution in [2.24, 2.45) is 0 Å². The minimum absolute atomic E-state index is 0.0854. The van der Waals surface area contributed by atoms with E-state index in [0.717, 1.165) is 24.1 Å². The smallest absolute Gasteiger partial charge is 0.182 e. The SMILES string of the molecule is CCCCOc1ccc2nc3ccc(=O)cc-3oc2c1. The Bertz CT molecular complexity index is 763. The second-order valence-electron chi connectivity index (χ2n) is 4.67. The molecule has 0 spiro atoms. The summed E-state index contributed by atoms with van der Waals surface area (Å²) in [6.07, 6.45) is 2.11. The summed E-state index contributed by atoms with van der Waals surface area (Å²) in [5, 5.41) is 0. The van der Waals surface area contributed by atoms with Crippen LogP contribution < -0.4 is 10.2 Å². The van der Waals surface area contributed by atoms with Gasteiger partial charge in [-0.1, -0.05) is 13.3 Å². The van der Waals surface area contributed by atoms with Crippen LogP contribution >= 0.6 is 0 Å². The average Bonchev–Trinajstić information content (AvgIpc) is 2.45. The van der Waals surface area contributed by atoms with Crippen LogP contribution in [0.4, 0.5) is 0 Å². The molecule has 3 rings (SSSR count). The Labute approximate surface area is 116 Å². The number of fused-ring (bicyclic) bond motifs is 2. The van der Waals surface area contributed by atoms with E-state index in [4.69, 9.17) is 9.15 Å². The third-order valence-corrected chi connectivity index (χ3v) is 3.09. The highest BCUT2D eigenvalue weighted by Crippen LogP contribution is 2.26. The highest BCUT2D eigenvalue weighted by Gasteiger charge is 2.09. The van der Waals surface area contributed by atoms with Gasteiger partial charge in [-0.25, -0.2) is 4.98 Å². The van der Waals surface area contributed by atoms with Crippen LogP contribution in [-0.2, 0) is 0 Å². The van der Waals surface area contributed by atoms with Crippen LogP contribution in [0.15, 0.2) is 45.6 Å². The summed E-state index contributed by atoms with van der Waals surface area (Å²) in [5.74, 6) is 1.25. The molecule has 1 aromatic carbocycles. The topological polar surface area (TPSA) is 52.3 Å². The lowest BCUT2D eigenvalue weighted by Gasteiger charge is -2.08. The summed E-state index contributed by atoms with van der Waals surface area (Å²) in [6.45, 7) is 2.81. The summed E-state index contributed by atoms with van der Waals surface area (Å²) >= 11 is 0. The van der Waals surface area contributed by atoms with E-state index >= 15 is 0 Å². The minimum atomic E-state index is -0.0854. The maximum atomic E-state index is 11.3. The zero-order chi connectivity index (χ0) is 13.9. The number of benzene rings is 2. The lowest BCUT2D eigenvalue weighted by Crippen LogP contribution is -2.00. The van der Waals surface area contributed by atoms with Crippen molar-refractivity contribution in [2.75, 3.05) is 6.61 Å². The van der Waals surface area contributed by atoms with Gasteiger partial charge >= 0.3 is 0 Å². The summed E-state index contributed by atoms with van der Waals surface area (Å²) in [6, 6.07) is 10.2. The largest absolute Gasteiger partial charge is 0.493 e. The van der Waals surface area contributed by atoms with E-state index in [0.29, 0.717) is 23.6 Å². The molecule has 1 aromatic rings. The molecule has 0 fully saturated rings. The molecule has 4 nitrogen and oxygen atoms in total. The molecule has 0 bridgehead atoms. The van der Waals surface area contributed by atoms with Crippen molar-refractivity contribution in [1.29, 1.82) is 0 Å². The van der Waals surface area contributed by atoms with Crippen molar-refractivity contribution in [1.82, 2.24) is 4.98 Å². The summed E-state index contributed by atoms with van der Waals surface area (Å²) in [5.41, 5.74) is 1.96. The fourth-order valence-electron chi connectivity index (χ4n) is 2.01. The Balaban J connectivity index is 2.02. The van der Waals surface area contributed by atoms with Gasteiger partial charge in [-0.3, -0.25) is 4.79 Å². The second kappa shape index (κ2) is 5.33. The Kier molecular flexibility index (Phi) is 3.37. The maximum absolute atomic E-state index is 11.3. The highest BCUT2D eigenvalue weighted by molar-refractivity contribution is 5.77. The van der Waals surface area contributed by atoms with Crippen molar-refractivity contribution >= 4 is 11.1 Å². The van der Waals surface area contributed by atoms with Crippen molar-refractivity contribution in [3.63, 3.8) is 0 Å². The van der Waals surface area contributed by atoms with Crippen molar-refractivity contribution < 1.29 is 9.15 Å². The van der Waals surface area contributed by atoms with Gasteiger partial charge < -0.3 is 9.15 Å². The number of unbranched alkanes of at least 4 members (excludes halogenated alkanes) is 1. The molecular formula is C16H15NO3. The number of aromatic nitrogens is 1. The summed E-state index contributed by atoms with van der Waals surface area (Å²) in [4.78, 5) is 15.8. The Morgan fingerprint density at radius 2 is 2.10 bits per heavy atom. The predicted molar refractivity (Wildman–Crippen MR) is 77.3 cm³/mol. The highest BCUT2D eigenvalue weighted by atomic mass is 16.5. The van der Waals surface area contributed by atoms with Gasteiger partial charge in [-0.2, -0.15) is 0 Å². The minimum Gasteiger partial charge on any atom is -0.493 e. The molecule has 2 aliphatic rings. The maximum Gasteiger partial charge on any atom is 0.182 e. The Morgan fingerprint density at radius 1 is 1.20 bits per heavy atom. The van der Waals surface area contributed by atoms with Gasteiger partial charge in [-0.05, 0) is 30.7 Å². The van der Waals surface area contributed by atoms with E-state index in [2.05, 4.69) is 11.9 Å². The van der Waals surface area contributed by atoms with E-state index in [1.807, 2.05) is 18.2 Å². The zero-order valence-electron chi connectivity index (χ0n) is 11.3. The molecule has 0 amide bonds. The molecule has 4 heteroatoms.